The molecule has 1 aromatic heterocycles. The van der Waals surface area contributed by atoms with Crippen molar-refractivity contribution >= 4 is 21.5 Å². The van der Waals surface area contributed by atoms with E-state index in [4.69, 9.17) is 4.74 Å². The fourth-order valence-electron chi connectivity index (χ4n) is 1.65. The van der Waals surface area contributed by atoms with Crippen LogP contribution in [0.2, 0.25) is 0 Å². The van der Waals surface area contributed by atoms with Crippen molar-refractivity contribution in [3.8, 4) is 0 Å². The molecule has 0 spiro atoms. The summed E-state index contributed by atoms with van der Waals surface area (Å²) in [6, 6.07) is 11.6. The highest BCUT2D eigenvalue weighted by Gasteiger charge is 2.13. The van der Waals surface area contributed by atoms with Gasteiger partial charge in [-0.05, 0) is 24.3 Å². The number of methoxy groups -OCH3 is 1. The highest BCUT2D eigenvalue weighted by molar-refractivity contribution is 7.92. The van der Waals surface area contributed by atoms with Crippen LogP contribution in [0.5, 0.6) is 0 Å². The summed E-state index contributed by atoms with van der Waals surface area (Å²) >= 11 is 0. The molecule has 2 rings (SSSR count). The third-order valence-electron chi connectivity index (χ3n) is 2.68. The molecule has 0 saturated carbocycles. The molecule has 0 aliphatic heterocycles. The Morgan fingerprint density at radius 3 is 2.52 bits per heavy atom. The van der Waals surface area contributed by atoms with Crippen molar-refractivity contribution in [1.82, 2.24) is 4.98 Å². The van der Waals surface area contributed by atoms with Crippen LogP contribution in [0.3, 0.4) is 0 Å². The molecule has 0 bridgehead atoms. The molecule has 21 heavy (non-hydrogen) atoms. The smallest absolute Gasteiger partial charge is 0.261 e. The van der Waals surface area contributed by atoms with Crippen LogP contribution < -0.4 is 10.0 Å². The molecule has 0 aliphatic carbocycles. The molecule has 0 saturated heterocycles. The van der Waals surface area contributed by atoms with E-state index in [1.807, 2.05) is 0 Å². The van der Waals surface area contributed by atoms with Crippen LogP contribution in [-0.2, 0) is 14.8 Å². The zero-order valence-corrected chi connectivity index (χ0v) is 12.4. The summed E-state index contributed by atoms with van der Waals surface area (Å²) in [4.78, 5) is 4.35. The SMILES string of the molecule is COCCNc1ccc(NS(=O)(=O)c2ccccc2)cn1. The summed E-state index contributed by atoms with van der Waals surface area (Å²) in [5.74, 6) is 0.662. The number of pyridine rings is 1. The van der Waals surface area contributed by atoms with Crippen molar-refractivity contribution < 1.29 is 13.2 Å². The van der Waals surface area contributed by atoms with Gasteiger partial charge >= 0.3 is 0 Å². The number of hydrogen-bond acceptors (Lipinski definition) is 5. The van der Waals surface area contributed by atoms with E-state index in [9.17, 15) is 8.42 Å². The number of anilines is 2. The van der Waals surface area contributed by atoms with Crippen molar-refractivity contribution in [3.05, 3.63) is 48.7 Å². The first-order chi connectivity index (χ1) is 10.1. The predicted molar refractivity (Wildman–Crippen MR) is 81.9 cm³/mol. The maximum atomic E-state index is 12.1. The van der Waals surface area contributed by atoms with E-state index in [1.54, 1.807) is 37.4 Å². The quantitative estimate of drug-likeness (QED) is 0.764. The summed E-state index contributed by atoms with van der Waals surface area (Å²) in [6.45, 7) is 1.21. The Bertz CT molecular complexity index is 658. The van der Waals surface area contributed by atoms with Crippen molar-refractivity contribution in [2.75, 3.05) is 30.3 Å². The summed E-state index contributed by atoms with van der Waals surface area (Å²) in [7, 11) is -1.96. The number of benzene rings is 1. The van der Waals surface area contributed by atoms with E-state index in [0.717, 1.165) is 0 Å². The van der Waals surface area contributed by atoms with Crippen LogP contribution >= 0.6 is 0 Å². The van der Waals surface area contributed by atoms with Gasteiger partial charge in [0.1, 0.15) is 5.82 Å². The van der Waals surface area contributed by atoms with Crippen LogP contribution in [0.4, 0.5) is 11.5 Å². The third kappa shape index (κ3) is 4.44. The van der Waals surface area contributed by atoms with Gasteiger partial charge in [0.05, 0.1) is 23.4 Å². The minimum atomic E-state index is -3.58. The van der Waals surface area contributed by atoms with Gasteiger partial charge in [0.25, 0.3) is 10.0 Å². The minimum absolute atomic E-state index is 0.215. The molecule has 0 amide bonds. The maximum Gasteiger partial charge on any atom is 0.261 e. The van der Waals surface area contributed by atoms with Crippen LogP contribution in [0.15, 0.2) is 53.6 Å². The van der Waals surface area contributed by atoms with Crippen molar-refractivity contribution in [2.45, 2.75) is 4.90 Å². The molecule has 1 aromatic carbocycles. The second-order valence-corrected chi connectivity index (χ2v) is 5.95. The molecular formula is C14H17N3O3S. The Labute approximate surface area is 124 Å². The molecular weight excluding hydrogens is 290 g/mol. The van der Waals surface area contributed by atoms with Gasteiger partial charge in [0, 0.05) is 13.7 Å². The average Bonchev–Trinajstić information content (AvgIpc) is 2.50. The molecule has 7 heteroatoms. The summed E-state index contributed by atoms with van der Waals surface area (Å²) < 4.78 is 31.7. The maximum absolute atomic E-state index is 12.1. The highest BCUT2D eigenvalue weighted by Crippen LogP contribution is 2.16. The van der Waals surface area contributed by atoms with Crippen LogP contribution in [-0.4, -0.2) is 33.7 Å². The lowest BCUT2D eigenvalue weighted by Gasteiger charge is -2.09. The van der Waals surface area contributed by atoms with Crippen LogP contribution in [0, 0.1) is 0 Å². The minimum Gasteiger partial charge on any atom is -0.383 e. The number of nitrogens with one attached hydrogen (secondary N) is 2. The largest absolute Gasteiger partial charge is 0.383 e. The normalized spacial score (nSPS) is 11.1. The second-order valence-electron chi connectivity index (χ2n) is 4.27. The van der Waals surface area contributed by atoms with E-state index in [-0.39, 0.29) is 4.90 Å². The Hall–Kier alpha value is -2.12. The first kappa shape index (κ1) is 15.3. The Kier molecular flexibility index (Phi) is 5.13. The molecule has 112 valence electrons. The van der Waals surface area contributed by atoms with E-state index >= 15 is 0 Å². The van der Waals surface area contributed by atoms with E-state index in [1.165, 1.54) is 18.3 Å². The van der Waals surface area contributed by atoms with Crippen molar-refractivity contribution in [3.63, 3.8) is 0 Å². The average molecular weight is 307 g/mol. The zero-order chi connectivity index (χ0) is 15.1. The number of nitrogens with zero attached hydrogens (tertiary/aromatic N) is 1. The third-order valence-corrected chi connectivity index (χ3v) is 4.08. The van der Waals surface area contributed by atoms with Crippen molar-refractivity contribution in [2.24, 2.45) is 0 Å². The number of rotatable bonds is 7. The van der Waals surface area contributed by atoms with Gasteiger partial charge in [-0.15, -0.1) is 0 Å². The first-order valence-electron chi connectivity index (χ1n) is 6.38. The van der Waals surface area contributed by atoms with Crippen LogP contribution in [0.1, 0.15) is 0 Å². The molecule has 2 aromatic rings. The molecule has 2 N–H and O–H groups in total. The van der Waals surface area contributed by atoms with Gasteiger partial charge in [-0.2, -0.15) is 0 Å². The highest BCUT2D eigenvalue weighted by atomic mass is 32.2. The van der Waals surface area contributed by atoms with Gasteiger partial charge in [-0.1, -0.05) is 18.2 Å². The predicted octanol–water partition coefficient (Wildman–Crippen LogP) is 1.94. The number of aromatic nitrogens is 1. The van der Waals surface area contributed by atoms with Gasteiger partial charge in [0.15, 0.2) is 0 Å². The molecule has 0 fully saturated rings. The second kappa shape index (κ2) is 7.05. The lowest BCUT2D eigenvalue weighted by molar-refractivity contribution is 0.210. The number of sulfonamides is 1. The fourth-order valence-corrected chi connectivity index (χ4v) is 2.72. The van der Waals surface area contributed by atoms with E-state index in [0.29, 0.717) is 24.7 Å². The monoisotopic (exact) mass is 307 g/mol. The molecule has 0 radical (unpaired) electrons. The summed E-state index contributed by atoms with van der Waals surface area (Å²) in [5.41, 5.74) is 0.413. The molecule has 0 atom stereocenters. The number of ether oxygens (including phenoxy) is 1. The standard InChI is InChI=1S/C14H17N3O3S/c1-20-10-9-15-14-8-7-12(11-16-14)17-21(18,19)13-5-3-2-4-6-13/h2-8,11,17H,9-10H2,1H3,(H,15,16). The number of hydrogen-bond donors (Lipinski definition) is 2. The van der Waals surface area contributed by atoms with E-state index < -0.39 is 10.0 Å². The van der Waals surface area contributed by atoms with Gasteiger partial charge in [-0.3, -0.25) is 4.72 Å². The lowest BCUT2D eigenvalue weighted by Crippen LogP contribution is -2.13. The van der Waals surface area contributed by atoms with E-state index in [2.05, 4.69) is 15.0 Å². The Morgan fingerprint density at radius 1 is 1.14 bits per heavy atom. The van der Waals surface area contributed by atoms with Crippen molar-refractivity contribution in [1.29, 1.82) is 0 Å². The van der Waals surface area contributed by atoms with Gasteiger partial charge in [0.2, 0.25) is 0 Å². The Balaban J connectivity index is 2.03. The molecule has 0 aliphatic rings. The summed E-state index contributed by atoms with van der Waals surface area (Å²) in [5, 5.41) is 3.05. The first-order valence-corrected chi connectivity index (χ1v) is 7.87. The van der Waals surface area contributed by atoms with Gasteiger partial charge < -0.3 is 10.1 Å². The topological polar surface area (TPSA) is 80.3 Å². The molecule has 1 heterocycles. The summed E-state index contributed by atoms with van der Waals surface area (Å²) in [6.07, 6.45) is 1.47. The molecule has 0 unspecified atom stereocenters. The van der Waals surface area contributed by atoms with Crippen LogP contribution in [0.25, 0.3) is 0 Å². The zero-order valence-electron chi connectivity index (χ0n) is 11.6. The van der Waals surface area contributed by atoms with Gasteiger partial charge in [-0.25, -0.2) is 13.4 Å². The lowest BCUT2D eigenvalue weighted by atomic mass is 10.4. The Morgan fingerprint density at radius 2 is 1.90 bits per heavy atom. The molecule has 6 nitrogen and oxygen atoms in total. The fraction of sp³-hybridized carbons (Fsp3) is 0.214.